The van der Waals surface area contributed by atoms with E-state index in [9.17, 15) is 9.59 Å². The molecule has 1 saturated heterocycles. The van der Waals surface area contributed by atoms with E-state index in [1.54, 1.807) is 41.0 Å². The molecule has 22 heavy (non-hydrogen) atoms. The summed E-state index contributed by atoms with van der Waals surface area (Å²) >= 11 is 5.84. The number of hydrogen-bond acceptors (Lipinski definition) is 3. The van der Waals surface area contributed by atoms with Gasteiger partial charge in [0.15, 0.2) is 0 Å². The fraction of sp³-hybridized carbons (Fsp3) is 0.500. The molecule has 1 fully saturated rings. The zero-order chi connectivity index (χ0) is 16.1. The molecule has 120 valence electrons. The van der Waals surface area contributed by atoms with Crippen LogP contribution in [0.1, 0.15) is 30.1 Å². The van der Waals surface area contributed by atoms with E-state index < -0.39 is 0 Å². The minimum atomic E-state index is -0.271. The Morgan fingerprint density at radius 2 is 1.86 bits per heavy atom. The first kappa shape index (κ1) is 16.6. The molecule has 0 aliphatic carbocycles. The smallest absolute Gasteiger partial charge is 0.409 e. The predicted octanol–water partition coefficient (Wildman–Crippen LogP) is 3.03. The normalized spacial score (nSPS) is 15.5. The summed E-state index contributed by atoms with van der Waals surface area (Å²) in [4.78, 5) is 27.6. The van der Waals surface area contributed by atoms with Gasteiger partial charge in [-0.25, -0.2) is 4.79 Å². The molecule has 0 bridgehead atoms. The van der Waals surface area contributed by atoms with Crippen molar-refractivity contribution in [2.45, 2.75) is 25.8 Å². The van der Waals surface area contributed by atoms with Crippen molar-refractivity contribution in [1.82, 2.24) is 9.80 Å². The number of nitrogens with zero attached hydrogens (tertiary/aromatic N) is 2. The summed E-state index contributed by atoms with van der Waals surface area (Å²) in [7, 11) is 1.81. The van der Waals surface area contributed by atoms with Gasteiger partial charge in [-0.1, -0.05) is 11.6 Å². The van der Waals surface area contributed by atoms with Gasteiger partial charge in [0.2, 0.25) is 0 Å². The van der Waals surface area contributed by atoms with Crippen molar-refractivity contribution in [3.8, 4) is 0 Å². The van der Waals surface area contributed by atoms with Crippen molar-refractivity contribution in [3.63, 3.8) is 0 Å². The van der Waals surface area contributed by atoms with Gasteiger partial charge in [-0.2, -0.15) is 0 Å². The van der Waals surface area contributed by atoms with Crippen LogP contribution in [0.15, 0.2) is 24.3 Å². The molecule has 0 N–H and O–H groups in total. The molecule has 2 rings (SSSR count). The Bertz CT molecular complexity index is 525. The number of carbonyl (C=O) groups excluding carboxylic acids is 2. The Labute approximate surface area is 135 Å². The van der Waals surface area contributed by atoms with Crippen LogP contribution < -0.4 is 0 Å². The van der Waals surface area contributed by atoms with Crippen molar-refractivity contribution >= 4 is 23.6 Å². The fourth-order valence-corrected chi connectivity index (χ4v) is 2.74. The monoisotopic (exact) mass is 324 g/mol. The summed E-state index contributed by atoms with van der Waals surface area (Å²) in [5, 5.41) is 0.613. The van der Waals surface area contributed by atoms with E-state index in [1.807, 2.05) is 7.05 Å². The summed E-state index contributed by atoms with van der Waals surface area (Å²) in [6.45, 7) is 3.40. The van der Waals surface area contributed by atoms with Gasteiger partial charge in [0, 0.05) is 36.8 Å². The number of rotatable bonds is 3. The molecule has 1 aromatic rings. The van der Waals surface area contributed by atoms with Gasteiger partial charge in [0.1, 0.15) is 0 Å². The van der Waals surface area contributed by atoms with E-state index in [-0.39, 0.29) is 18.0 Å². The Morgan fingerprint density at radius 1 is 1.27 bits per heavy atom. The molecule has 2 amide bonds. The molecule has 0 atom stereocenters. The van der Waals surface area contributed by atoms with E-state index in [4.69, 9.17) is 16.3 Å². The molecule has 0 saturated carbocycles. The highest BCUT2D eigenvalue weighted by Crippen LogP contribution is 2.19. The first-order valence-electron chi connectivity index (χ1n) is 7.47. The highest BCUT2D eigenvalue weighted by atomic mass is 35.5. The third-order valence-corrected chi connectivity index (χ3v) is 4.20. The van der Waals surface area contributed by atoms with Crippen LogP contribution in [0.3, 0.4) is 0 Å². The van der Waals surface area contributed by atoms with E-state index in [0.29, 0.717) is 30.3 Å². The van der Waals surface area contributed by atoms with Gasteiger partial charge < -0.3 is 14.5 Å². The summed E-state index contributed by atoms with van der Waals surface area (Å²) in [6, 6.07) is 7.02. The lowest BCUT2D eigenvalue weighted by Crippen LogP contribution is -2.47. The lowest BCUT2D eigenvalue weighted by Gasteiger charge is -2.36. The van der Waals surface area contributed by atoms with Gasteiger partial charge >= 0.3 is 6.09 Å². The standard InChI is InChI=1S/C16H21ClN2O3/c1-3-22-16(21)19-10-8-14(9-11-19)18(2)15(20)12-4-6-13(17)7-5-12/h4-7,14H,3,8-11H2,1-2H3. The molecule has 0 unspecified atom stereocenters. The van der Waals surface area contributed by atoms with Gasteiger partial charge in [0.25, 0.3) is 5.91 Å². The number of benzene rings is 1. The number of halogens is 1. The lowest BCUT2D eigenvalue weighted by molar-refractivity contribution is 0.0602. The molecule has 1 aliphatic heterocycles. The molecule has 1 aromatic carbocycles. The van der Waals surface area contributed by atoms with Gasteiger partial charge in [-0.15, -0.1) is 0 Å². The second-order valence-electron chi connectivity index (χ2n) is 5.34. The highest BCUT2D eigenvalue weighted by Gasteiger charge is 2.28. The van der Waals surface area contributed by atoms with Crippen LogP contribution >= 0.6 is 11.6 Å². The van der Waals surface area contributed by atoms with Crippen molar-refractivity contribution in [3.05, 3.63) is 34.9 Å². The average Bonchev–Trinajstić information content (AvgIpc) is 2.54. The lowest BCUT2D eigenvalue weighted by atomic mass is 10.0. The van der Waals surface area contributed by atoms with Crippen LogP contribution in [0.4, 0.5) is 4.79 Å². The average molecular weight is 325 g/mol. The van der Waals surface area contributed by atoms with E-state index >= 15 is 0 Å². The molecule has 6 heteroatoms. The zero-order valence-electron chi connectivity index (χ0n) is 12.9. The Morgan fingerprint density at radius 3 is 2.41 bits per heavy atom. The van der Waals surface area contributed by atoms with Crippen LogP contribution in [0, 0.1) is 0 Å². The van der Waals surface area contributed by atoms with E-state index in [1.165, 1.54) is 0 Å². The van der Waals surface area contributed by atoms with E-state index in [0.717, 1.165) is 12.8 Å². The van der Waals surface area contributed by atoms with Crippen LogP contribution in [0.25, 0.3) is 0 Å². The topological polar surface area (TPSA) is 49.9 Å². The van der Waals surface area contributed by atoms with Crippen molar-refractivity contribution in [2.75, 3.05) is 26.7 Å². The van der Waals surface area contributed by atoms with Crippen molar-refractivity contribution in [1.29, 1.82) is 0 Å². The molecular formula is C16H21ClN2O3. The number of carbonyl (C=O) groups is 2. The largest absolute Gasteiger partial charge is 0.450 e. The number of ether oxygens (including phenoxy) is 1. The molecule has 1 aliphatic rings. The fourth-order valence-electron chi connectivity index (χ4n) is 2.61. The second-order valence-corrected chi connectivity index (χ2v) is 5.78. The predicted molar refractivity (Wildman–Crippen MR) is 85.2 cm³/mol. The van der Waals surface area contributed by atoms with Crippen LogP contribution in [0.2, 0.25) is 5.02 Å². The maximum atomic E-state index is 12.5. The van der Waals surface area contributed by atoms with Crippen LogP contribution in [0.5, 0.6) is 0 Å². The SMILES string of the molecule is CCOC(=O)N1CCC(N(C)C(=O)c2ccc(Cl)cc2)CC1. The summed E-state index contributed by atoms with van der Waals surface area (Å²) < 4.78 is 5.00. The van der Waals surface area contributed by atoms with Crippen LogP contribution in [-0.4, -0.2) is 54.6 Å². The summed E-state index contributed by atoms with van der Waals surface area (Å²) in [5.41, 5.74) is 0.625. The molecule has 5 nitrogen and oxygen atoms in total. The van der Waals surface area contributed by atoms with E-state index in [2.05, 4.69) is 0 Å². The third-order valence-electron chi connectivity index (χ3n) is 3.95. The zero-order valence-corrected chi connectivity index (χ0v) is 13.7. The Kier molecular flexibility index (Phi) is 5.66. The van der Waals surface area contributed by atoms with Gasteiger partial charge in [-0.05, 0) is 44.0 Å². The first-order valence-corrected chi connectivity index (χ1v) is 7.85. The molecule has 0 spiro atoms. The maximum absolute atomic E-state index is 12.5. The van der Waals surface area contributed by atoms with Gasteiger partial charge in [0.05, 0.1) is 6.61 Å². The molecule has 0 radical (unpaired) electrons. The molecular weight excluding hydrogens is 304 g/mol. The minimum absolute atomic E-state index is 0.0220. The minimum Gasteiger partial charge on any atom is -0.450 e. The highest BCUT2D eigenvalue weighted by molar-refractivity contribution is 6.30. The van der Waals surface area contributed by atoms with Crippen LogP contribution in [-0.2, 0) is 4.74 Å². The maximum Gasteiger partial charge on any atom is 0.409 e. The second kappa shape index (κ2) is 7.49. The van der Waals surface area contributed by atoms with Crippen molar-refractivity contribution in [2.24, 2.45) is 0 Å². The third kappa shape index (κ3) is 3.91. The first-order chi connectivity index (χ1) is 10.5. The quantitative estimate of drug-likeness (QED) is 0.858. The number of piperidine rings is 1. The molecule has 1 heterocycles. The number of hydrogen-bond donors (Lipinski definition) is 0. The summed E-state index contributed by atoms with van der Waals surface area (Å²) in [6.07, 6.45) is 1.25. The Balaban J connectivity index is 1.91. The Hall–Kier alpha value is -1.75. The molecule has 0 aromatic heterocycles. The number of amides is 2. The van der Waals surface area contributed by atoms with Gasteiger partial charge in [-0.3, -0.25) is 4.79 Å². The summed E-state index contributed by atoms with van der Waals surface area (Å²) in [5.74, 6) is -0.0220. The number of likely N-dealkylation sites (tertiary alicyclic amines) is 1. The van der Waals surface area contributed by atoms with Crippen molar-refractivity contribution < 1.29 is 14.3 Å².